The Hall–Kier alpha value is -3.62. The Morgan fingerprint density at radius 2 is 1.80 bits per heavy atom. The molecule has 0 aliphatic heterocycles. The van der Waals surface area contributed by atoms with Crippen molar-refractivity contribution in [1.29, 1.82) is 0 Å². The first-order valence-electron chi connectivity index (χ1n) is 12.4. The molecule has 0 unspecified atom stereocenters. The van der Waals surface area contributed by atoms with Gasteiger partial charge in [-0.1, -0.05) is 45.2 Å². The zero-order valence-electron chi connectivity index (χ0n) is 20.5. The molecule has 3 rings (SSSR count). The van der Waals surface area contributed by atoms with Gasteiger partial charge in [-0.3, -0.25) is 23.9 Å². The van der Waals surface area contributed by atoms with Crippen molar-refractivity contribution >= 4 is 29.4 Å². The summed E-state index contributed by atoms with van der Waals surface area (Å²) in [5, 5.41) is 2.94. The highest BCUT2D eigenvalue weighted by molar-refractivity contribution is 6.05. The van der Waals surface area contributed by atoms with Crippen LogP contribution in [-0.4, -0.2) is 34.0 Å². The van der Waals surface area contributed by atoms with Crippen LogP contribution in [0.5, 0.6) is 0 Å². The second kappa shape index (κ2) is 12.2. The van der Waals surface area contributed by atoms with Gasteiger partial charge in [0.15, 0.2) is 5.69 Å². The molecular formula is C26H35N5O4. The Balaban J connectivity index is 1.84. The highest BCUT2D eigenvalue weighted by Crippen LogP contribution is 2.20. The highest BCUT2D eigenvalue weighted by atomic mass is 16.2. The van der Waals surface area contributed by atoms with Crippen LogP contribution >= 0.6 is 0 Å². The molecule has 1 aliphatic carbocycles. The van der Waals surface area contributed by atoms with E-state index in [4.69, 9.17) is 5.73 Å². The second-order valence-electron chi connectivity index (χ2n) is 8.90. The lowest BCUT2D eigenvalue weighted by Crippen LogP contribution is -2.41. The SMILES string of the molecule is CCCCCN(C(=O)/C=C/c1ccc(C(=O)NC2CC2)cc1)c1c(N)n(CCCC)c(=O)[nH]c1=O. The number of unbranched alkanes of at least 4 members (excludes halogenated alkanes) is 3. The number of nitrogens with zero attached hydrogens (tertiary/aromatic N) is 2. The topological polar surface area (TPSA) is 130 Å². The molecule has 0 bridgehead atoms. The molecule has 0 saturated heterocycles. The van der Waals surface area contributed by atoms with E-state index < -0.39 is 17.2 Å². The van der Waals surface area contributed by atoms with Gasteiger partial charge in [-0.15, -0.1) is 0 Å². The summed E-state index contributed by atoms with van der Waals surface area (Å²) in [6.45, 7) is 4.70. The van der Waals surface area contributed by atoms with Gasteiger partial charge in [0.2, 0.25) is 0 Å². The molecule has 1 heterocycles. The second-order valence-corrected chi connectivity index (χ2v) is 8.90. The van der Waals surface area contributed by atoms with E-state index >= 15 is 0 Å². The number of H-pyrrole nitrogens is 1. The molecule has 1 fully saturated rings. The van der Waals surface area contributed by atoms with Crippen LogP contribution in [0.2, 0.25) is 0 Å². The standard InChI is InChI=1S/C26H35N5O4/c1-3-5-7-17-30(22-23(27)31(16-6-4-2)26(35)29-25(22)34)21(32)15-10-18-8-11-19(12-9-18)24(33)28-20-13-14-20/h8-12,15,20H,3-7,13-14,16-17,27H2,1-2H3,(H,28,33)(H,29,34,35)/b15-10+. The normalized spacial score (nSPS) is 13.2. The fraction of sp³-hybridized carbons (Fsp3) is 0.462. The average Bonchev–Trinajstić information content (AvgIpc) is 3.65. The minimum atomic E-state index is -0.676. The van der Waals surface area contributed by atoms with E-state index in [2.05, 4.69) is 10.3 Å². The highest BCUT2D eigenvalue weighted by Gasteiger charge is 2.24. The Labute approximate surface area is 205 Å². The van der Waals surface area contributed by atoms with Crippen LogP contribution in [0.25, 0.3) is 6.08 Å². The molecule has 2 aromatic rings. The fourth-order valence-electron chi connectivity index (χ4n) is 3.73. The first-order valence-corrected chi connectivity index (χ1v) is 12.4. The van der Waals surface area contributed by atoms with E-state index in [1.54, 1.807) is 30.3 Å². The van der Waals surface area contributed by atoms with Crippen molar-refractivity contribution in [2.75, 3.05) is 17.2 Å². The number of amides is 2. The molecule has 0 spiro atoms. The van der Waals surface area contributed by atoms with Crippen molar-refractivity contribution in [1.82, 2.24) is 14.9 Å². The summed E-state index contributed by atoms with van der Waals surface area (Å²) in [7, 11) is 0. The number of hydrogen-bond acceptors (Lipinski definition) is 5. The van der Waals surface area contributed by atoms with Gasteiger partial charge in [-0.05, 0) is 49.5 Å². The Kier molecular flexibility index (Phi) is 9.05. The molecule has 1 aliphatic rings. The molecule has 1 saturated carbocycles. The fourth-order valence-corrected chi connectivity index (χ4v) is 3.73. The van der Waals surface area contributed by atoms with Crippen molar-refractivity contribution in [3.63, 3.8) is 0 Å². The Morgan fingerprint density at radius 3 is 2.43 bits per heavy atom. The minimum absolute atomic E-state index is 0.00134. The zero-order chi connectivity index (χ0) is 25.4. The number of aromatic nitrogens is 2. The lowest BCUT2D eigenvalue weighted by molar-refractivity contribution is -0.114. The van der Waals surface area contributed by atoms with Crippen LogP contribution in [0, 0.1) is 0 Å². The van der Waals surface area contributed by atoms with Gasteiger partial charge in [0.25, 0.3) is 17.4 Å². The number of nitrogen functional groups attached to an aromatic ring is 1. The summed E-state index contributed by atoms with van der Waals surface area (Å²) >= 11 is 0. The van der Waals surface area contributed by atoms with E-state index in [1.165, 1.54) is 15.5 Å². The van der Waals surface area contributed by atoms with Crippen molar-refractivity contribution in [3.8, 4) is 0 Å². The van der Waals surface area contributed by atoms with Crippen LogP contribution in [0.4, 0.5) is 11.5 Å². The molecule has 1 aromatic heterocycles. The summed E-state index contributed by atoms with van der Waals surface area (Å²) in [6.07, 6.45) is 9.14. The van der Waals surface area contributed by atoms with Crippen LogP contribution in [0.15, 0.2) is 39.9 Å². The smallest absolute Gasteiger partial charge is 0.330 e. The molecular weight excluding hydrogens is 446 g/mol. The van der Waals surface area contributed by atoms with Crippen molar-refractivity contribution < 1.29 is 9.59 Å². The third-order valence-electron chi connectivity index (χ3n) is 5.97. The zero-order valence-corrected chi connectivity index (χ0v) is 20.5. The van der Waals surface area contributed by atoms with E-state index in [1.807, 2.05) is 13.8 Å². The summed E-state index contributed by atoms with van der Waals surface area (Å²) < 4.78 is 1.31. The number of benzene rings is 1. The predicted octanol–water partition coefficient (Wildman–Crippen LogP) is 3.05. The van der Waals surface area contributed by atoms with Crippen LogP contribution in [0.3, 0.4) is 0 Å². The largest absolute Gasteiger partial charge is 0.383 e. The summed E-state index contributed by atoms with van der Waals surface area (Å²) in [5.41, 5.74) is 6.30. The number of carbonyl (C=O) groups excluding carboxylic acids is 2. The van der Waals surface area contributed by atoms with Gasteiger partial charge in [0, 0.05) is 30.8 Å². The van der Waals surface area contributed by atoms with E-state index in [0.717, 1.165) is 37.7 Å². The molecule has 0 atom stereocenters. The minimum Gasteiger partial charge on any atom is -0.383 e. The number of anilines is 2. The maximum atomic E-state index is 13.2. The number of aromatic amines is 1. The van der Waals surface area contributed by atoms with Gasteiger partial charge < -0.3 is 16.0 Å². The quantitative estimate of drug-likeness (QED) is 0.317. The Morgan fingerprint density at radius 1 is 1.11 bits per heavy atom. The van der Waals surface area contributed by atoms with Gasteiger partial charge in [-0.25, -0.2) is 4.79 Å². The van der Waals surface area contributed by atoms with Crippen LogP contribution in [0.1, 0.15) is 74.7 Å². The number of nitrogens with two attached hydrogens (primary N) is 1. The molecule has 9 nitrogen and oxygen atoms in total. The lowest BCUT2D eigenvalue weighted by atomic mass is 10.1. The molecule has 1 aromatic carbocycles. The van der Waals surface area contributed by atoms with Crippen LogP contribution < -0.4 is 27.2 Å². The van der Waals surface area contributed by atoms with Crippen molar-refractivity contribution in [2.24, 2.45) is 0 Å². The van der Waals surface area contributed by atoms with E-state index in [-0.39, 0.29) is 23.5 Å². The lowest BCUT2D eigenvalue weighted by Gasteiger charge is -2.23. The van der Waals surface area contributed by atoms with Gasteiger partial charge in [-0.2, -0.15) is 0 Å². The molecule has 2 amide bonds. The first-order chi connectivity index (χ1) is 16.8. The maximum absolute atomic E-state index is 13.2. The average molecular weight is 482 g/mol. The molecule has 9 heteroatoms. The number of carbonyl (C=O) groups is 2. The molecule has 4 N–H and O–H groups in total. The number of hydrogen-bond donors (Lipinski definition) is 3. The van der Waals surface area contributed by atoms with Gasteiger partial charge >= 0.3 is 5.69 Å². The van der Waals surface area contributed by atoms with Gasteiger partial charge in [0.1, 0.15) is 5.82 Å². The Bertz CT molecular complexity index is 1180. The molecule has 35 heavy (non-hydrogen) atoms. The van der Waals surface area contributed by atoms with Crippen molar-refractivity contribution in [3.05, 3.63) is 62.3 Å². The van der Waals surface area contributed by atoms with Gasteiger partial charge in [0.05, 0.1) is 0 Å². The maximum Gasteiger partial charge on any atom is 0.330 e. The molecule has 0 radical (unpaired) electrons. The number of nitrogens with one attached hydrogen (secondary N) is 2. The summed E-state index contributed by atoms with van der Waals surface area (Å²) in [4.78, 5) is 54.0. The molecule has 188 valence electrons. The summed E-state index contributed by atoms with van der Waals surface area (Å²) in [5.74, 6) is -0.514. The van der Waals surface area contributed by atoms with Crippen molar-refractivity contribution in [2.45, 2.75) is 71.4 Å². The monoisotopic (exact) mass is 481 g/mol. The predicted molar refractivity (Wildman–Crippen MR) is 138 cm³/mol. The third kappa shape index (κ3) is 6.94. The number of rotatable bonds is 12. The van der Waals surface area contributed by atoms with Crippen LogP contribution in [-0.2, 0) is 11.3 Å². The van der Waals surface area contributed by atoms with E-state index in [9.17, 15) is 19.2 Å². The van der Waals surface area contributed by atoms with E-state index in [0.29, 0.717) is 31.5 Å². The third-order valence-corrected chi connectivity index (χ3v) is 5.97. The first kappa shape index (κ1) is 26.0. The summed E-state index contributed by atoms with van der Waals surface area (Å²) in [6, 6.07) is 7.24.